The summed E-state index contributed by atoms with van der Waals surface area (Å²) in [4.78, 5) is 16.6. The zero-order valence-electron chi connectivity index (χ0n) is 15.6. The number of methoxy groups -OCH3 is 1. The van der Waals surface area contributed by atoms with E-state index in [-0.39, 0.29) is 5.91 Å². The summed E-state index contributed by atoms with van der Waals surface area (Å²) >= 11 is 1.50. The third-order valence-electron chi connectivity index (χ3n) is 4.25. The first-order chi connectivity index (χ1) is 13.1. The Morgan fingerprint density at radius 3 is 2.70 bits per heavy atom. The van der Waals surface area contributed by atoms with Gasteiger partial charge < -0.3 is 14.5 Å². The third kappa shape index (κ3) is 4.92. The van der Waals surface area contributed by atoms with Crippen LogP contribution in [-0.4, -0.2) is 23.8 Å². The highest BCUT2D eigenvalue weighted by Crippen LogP contribution is 2.23. The zero-order chi connectivity index (χ0) is 19.2. The quantitative estimate of drug-likeness (QED) is 0.633. The van der Waals surface area contributed by atoms with E-state index in [2.05, 4.69) is 10.3 Å². The molecule has 3 rings (SSSR count). The van der Waals surface area contributed by atoms with Crippen molar-refractivity contribution < 1.29 is 13.9 Å². The molecular formula is C21H22N2O3S. The molecule has 0 saturated heterocycles. The fourth-order valence-electron chi connectivity index (χ4n) is 2.56. The van der Waals surface area contributed by atoms with Gasteiger partial charge in [0.25, 0.3) is 0 Å². The van der Waals surface area contributed by atoms with Crippen LogP contribution < -0.4 is 10.1 Å². The number of nitrogens with one attached hydrogen (secondary N) is 1. The lowest BCUT2D eigenvalue weighted by atomic mass is 10.1. The van der Waals surface area contributed by atoms with Gasteiger partial charge in [0.05, 0.1) is 18.6 Å². The molecule has 0 fully saturated rings. The van der Waals surface area contributed by atoms with Gasteiger partial charge in [0, 0.05) is 17.0 Å². The van der Waals surface area contributed by atoms with Gasteiger partial charge in [0.1, 0.15) is 12.0 Å². The van der Waals surface area contributed by atoms with Gasteiger partial charge in [-0.3, -0.25) is 4.79 Å². The first-order valence-electron chi connectivity index (χ1n) is 8.59. The Bertz CT molecular complexity index is 919. The predicted octanol–water partition coefficient (Wildman–Crippen LogP) is 4.84. The highest BCUT2D eigenvalue weighted by atomic mass is 32.2. The molecule has 0 spiro atoms. The van der Waals surface area contributed by atoms with Gasteiger partial charge in [-0.05, 0) is 55.3 Å². The van der Waals surface area contributed by atoms with Gasteiger partial charge in [-0.25, -0.2) is 4.98 Å². The van der Waals surface area contributed by atoms with Gasteiger partial charge in [0.15, 0.2) is 0 Å². The average Bonchev–Trinajstić information content (AvgIpc) is 3.14. The molecular weight excluding hydrogens is 360 g/mol. The minimum absolute atomic E-state index is 0.0208. The first kappa shape index (κ1) is 19.0. The molecule has 0 aliphatic carbocycles. The summed E-state index contributed by atoms with van der Waals surface area (Å²) in [7, 11) is 1.63. The molecule has 3 aromatic rings. The van der Waals surface area contributed by atoms with Crippen molar-refractivity contribution in [3.8, 4) is 17.2 Å². The van der Waals surface area contributed by atoms with Gasteiger partial charge >= 0.3 is 0 Å². The molecule has 0 bridgehead atoms. The average molecular weight is 382 g/mol. The highest BCUT2D eigenvalue weighted by Gasteiger charge is 2.09. The van der Waals surface area contributed by atoms with E-state index in [0.717, 1.165) is 33.8 Å². The number of aryl methyl sites for hydroxylation is 1. The molecule has 0 aliphatic rings. The van der Waals surface area contributed by atoms with E-state index in [9.17, 15) is 4.79 Å². The molecule has 0 aliphatic heterocycles. The summed E-state index contributed by atoms with van der Waals surface area (Å²) in [5.41, 5.74) is 4.82. The van der Waals surface area contributed by atoms with E-state index in [1.807, 2.05) is 56.3 Å². The van der Waals surface area contributed by atoms with E-state index in [1.54, 1.807) is 13.4 Å². The fraction of sp³-hybridized carbons (Fsp3) is 0.238. The van der Waals surface area contributed by atoms with Crippen molar-refractivity contribution in [2.24, 2.45) is 0 Å². The summed E-state index contributed by atoms with van der Waals surface area (Å²) in [6, 6.07) is 13.4. The molecule has 1 amide bonds. The van der Waals surface area contributed by atoms with Crippen LogP contribution in [0.2, 0.25) is 0 Å². The number of oxazole rings is 1. The number of benzene rings is 2. The lowest BCUT2D eigenvalue weighted by Crippen LogP contribution is -2.15. The predicted molar refractivity (Wildman–Crippen MR) is 109 cm³/mol. The molecule has 0 unspecified atom stereocenters. The topological polar surface area (TPSA) is 64.4 Å². The van der Waals surface area contributed by atoms with Crippen LogP contribution in [0.1, 0.15) is 16.8 Å². The molecule has 1 N–H and O–H groups in total. The van der Waals surface area contributed by atoms with Crippen molar-refractivity contribution in [2.75, 3.05) is 18.2 Å². The standard InChI is InChI=1S/C21H22N2O3S/c1-14-5-4-6-19(15(14)2)23-20(24)13-27-12-17-11-26-21(22-17)16-7-9-18(25-3)10-8-16/h4-11H,12-13H2,1-3H3,(H,23,24). The Hall–Kier alpha value is -2.73. The lowest BCUT2D eigenvalue weighted by Gasteiger charge is -2.09. The number of hydrogen-bond acceptors (Lipinski definition) is 5. The maximum atomic E-state index is 12.2. The zero-order valence-corrected chi connectivity index (χ0v) is 16.4. The second-order valence-electron chi connectivity index (χ2n) is 6.16. The summed E-state index contributed by atoms with van der Waals surface area (Å²) in [5.74, 6) is 2.30. The van der Waals surface area contributed by atoms with Gasteiger partial charge in [0.2, 0.25) is 11.8 Å². The summed E-state index contributed by atoms with van der Waals surface area (Å²) in [6.07, 6.45) is 1.63. The molecule has 2 aromatic carbocycles. The van der Waals surface area contributed by atoms with Gasteiger partial charge in [-0.1, -0.05) is 12.1 Å². The number of carbonyl (C=O) groups is 1. The Morgan fingerprint density at radius 1 is 1.19 bits per heavy atom. The number of thioether (sulfide) groups is 1. The number of nitrogens with zero attached hydrogens (tertiary/aromatic N) is 1. The van der Waals surface area contributed by atoms with E-state index in [0.29, 0.717) is 17.4 Å². The minimum Gasteiger partial charge on any atom is -0.497 e. The second kappa shape index (κ2) is 8.77. The van der Waals surface area contributed by atoms with Crippen LogP contribution in [0.5, 0.6) is 5.75 Å². The summed E-state index contributed by atoms with van der Waals surface area (Å²) < 4.78 is 10.7. The smallest absolute Gasteiger partial charge is 0.234 e. The van der Waals surface area contributed by atoms with Crippen molar-refractivity contribution in [3.63, 3.8) is 0 Å². The van der Waals surface area contributed by atoms with E-state index < -0.39 is 0 Å². The second-order valence-corrected chi connectivity index (χ2v) is 7.15. The minimum atomic E-state index is -0.0208. The monoisotopic (exact) mass is 382 g/mol. The molecule has 1 heterocycles. The Labute approximate surface area is 163 Å². The van der Waals surface area contributed by atoms with Crippen LogP contribution in [-0.2, 0) is 10.5 Å². The summed E-state index contributed by atoms with van der Waals surface area (Å²) in [5, 5.41) is 2.96. The number of aromatic nitrogens is 1. The van der Waals surface area contributed by atoms with Crippen LogP contribution in [0.4, 0.5) is 5.69 Å². The van der Waals surface area contributed by atoms with Crippen LogP contribution >= 0.6 is 11.8 Å². The van der Waals surface area contributed by atoms with Crippen molar-refractivity contribution in [1.82, 2.24) is 4.98 Å². The van der Waals surface area contributed by atoms with Gasteiger partial charge in [-0.2, -0.15) is 0 Å². The number of anilines is 1. The van der Waals surface area contributed by atoms with Crippen molar-refractivity contribution >= 4 is 23.4 Å². The number of carbonyl (C=O) groups excluding carboxylic acids is 1. The fourth-order valence-corrected chi connectivity index (χ4v) is 3.26. The van der Waals surface area contributed by atoms with E-state index in [4.69, 9.17) is 9.15 Å². The molecule has 1 aromatic heterocycles. The Kier molecular flexibility index (Phi) is 6.19. The maximum absolute atomic E-state index is 12.2. The summed E-state index contributed by atoms with van der Waals surface area (Å²) in [6.45, 7) is 4.04. The van der Waals surface area contributed by atoms with Crippen LogP contribution in [0.15, 0.2) is 53.1 Å². The normalized spacial score (nSPS) is 10.6. The van der Waals surface area contributed by atoms with Gasteiger partial charge in [-0.15, -0.1) is 11.8 Å². The number of ether oxygens (including phenoxy) is 1. The maximum Gasteiger partial charge on any atom is 0.234 e. The molecule has 0 radical (unpaired) electrons. The van der Waals surface area contributed by atoms with E-state index >= 15 is 0 Å². The molecule has 140 valence electrons. The van der Waals surface area contributed by atoms with Crippen molar-refractivity contribution in [1.29, 1.82) is 0 Å². The van der Waals surface area contributed by atoms with Crippen LogP contribution in [0.3, 0.4) is 0 Å². The molecule has 0 atom stereocenters. The molecule has 6 heteroatoms. The first-order valence-corrected chi connectivity index (χ1v) is 9.75. The van der Waals surface area contributed by atoms with Crippen molar-refractivity contribution in [3.05, 3.63) is 65.5 Å². The molecule has 0 saturated carbocycles. The Morgan fingerprint density at radius 2 is 1.96 bits per heavy atom. The largest absolute Gasteiger partial charge is 0.497 e. The molecule has 5 nitrogen and oxygen atoms in total. The SMILES string of the molecule is COc1ccc(-c2nc(CSCC(=O)Nc3cccc(C)c3C)co2)cc1. The molecule has 27 heavy (non-hydrogen) atoms. The Balaban J connectivity index is 1.51. The number of hydrogen-bond donors (Lipinski definition) is 1. The van der Waals surface area contributed by atoms with Crippen LogP contribution in [0.25, 0.3) is 11.5 Å². The highest BCUT2D eigenvalue weighted by molar-refractivity contribution is 7.99. The van der Waals surface area contributed by atoms with E-state index in [1.165, 1.54) is 11.8 Å². The van der Waals surface area contributed by atoms with Crippen molar-refractivity contribution in [2.45, 2.75) is 19.6 Å². The van der Waals surface area contributed by atoms with Crippen LogP contribution in [0, 0.1) is 13.8 Å². The third-order valence-corrected chi connectivity index (χ3v) is 5.22. The number of rotatable bonds is 7. The lowest BCUT2D eigenvalue weighted by molar-refractivity contribution is -0.113. The number of amides is 1.